The zero-order chi connectivity index (χ0) is 21.2. The Labute approximate surface area is 184 Å². The van der Waals surface area contributed by atoms with Crippen molar-refractivity contribution in [3.63, 3.8) is 0 Å². The molecule has 2 atom stereocenters. The molecule has 3 aromatic rings. The molecule has 1 aliphatic heterocycles. The monoisotopic (exact) mass is 405 g/mol. The second-order valence-electron chi connectivity index (χ2n) is 8.17. The summed E-state index contributed by atoms with van der Waals surface area (Å²) in [5.74, 6) is 0.529. The summed E-state index contributed by atoms with van der Waals surface area (Å²) in [4.78, 5) is 2.50. The second-order valence-corrected chi connectivity index (χ2v) is 8.17. The summed E-state index contributed by atoms with van der Waals surface area (Å²) in [6.07, 6.45) is 12.1. The molecule has 0 saturated carbocycles. The summed E-state index contributed by atoms with van der Waals surface area (Å²) in [5, 5.41) is 0. The van der Waals surface area contributed by atoms with Gasteiger partial charge in [-0.05, 0) is 77.7 Å². The second kappa shape index (κ2) is 8.19. The quantitative estimate of drug-likeness (QED) is 0.408. The van der Waals surface area contributed by atoms with Crippen LogP contribution in [0.15, 0.2) is 103 Å². The van der Waals surface area contributed by atoms with E-state index >= 15 is 0 Å². The summed E-state index contributed by atoms with van der Waals surface area (Å²) in [6.45, 7) is 0. The molecule has 1 aliphatic carbocycles. The van der Waals surface area contributed by atoms with E-state index in [9.17, 15) is 0 Å². The number of hydrogen-bond acceptors (Lipinski definition) is 3. The fourth-order valence-corrected chi connectivity index (χ4v) is 4.84. The van der Waals surface area contributed by atoms with E-state index < -0.39 is 0 Å². The van der Waals surface area contributed by atoms with E-state index in [2.05, 4.69) is 89.8 Å². The van der Waals surface area contributed by atoms with Crippen molar-refractivity contribution in [2.75, 3.05) is 4.90 Å². The smallest absolute Gasteiger partial charge is 0.0591 e. The molecule has 5 rings (SSSR count). The van der Waals surface area contributed by atoms with Gasteiger partial charge in [0.05, 0.1) is 6.04 Å². The van der Waals surface area contributed by atoms with Crippen LogP contribution < -0.4 is 16.4 Å². The topological polar surface area (TPSA) is 55.3 Å². The predicted molar refractivity (Wildman–Crippen MR) is 131 cm³/mol. The highest BCUT2D eigenvalue weighted by molar-refractivity contribution is 5.79. The van der Waals surface area contributed by atoms with Crippen molar-refractivity contribution in [2.24, 2.45) is 11.5 Å². The standard InChI is InChI=1S/C28H27N3/c29-18-6-10-26(30)21-14-12-20(13-15-21)22-16-17-28-25(19-22)24-9-4-5-11-27(24)31(28)23-7-2-1-3-8-23/h1-3,5-8,10-19,24,27H,4,9,29-30H2/b18-6-,26-10-. The first-order valence-corrected chi connectivity index (χ1v) is 10.9. The van der Waals surface area contributed by atoms with Crippen LogP contribution in [-0.4, -0.2) is 6.04 Å². The van der Waals surface area contributed by atoms with Crippen LogP contribution in [0.5, 0.6) is 0 Å². The number of anilines is 2. The number of benzene rings is 3. The van der Waals surface area contributed by atoms with Crippen LogP contribution >= 0.6 is 0 Å². The fraction of sp³-hybridized carbons (Fsp3) is 0.143. The number of hydrogen-bond donors (Lipinski definition) is 2. The van der Waals surface area contributed by atoms with Crippen molar-refractivity contribution in [1.82, 2.24) is 0 Å². The third-order valence-electron chi connectivity index (χ3n) is 6.35. The van der Waals surface area contributed by atoms with Gasteiger partial charge in [-0.25, -0.2) is 0 Å². The van der Waals surface area contributed by atoms with Crippen molar-refractivity contribution >= 4 is 17.1 Å². The molecule has 4 N–H and O–H groups in total. The Balaban J connectivity index is 1.52. The van der Waals surface area contributed by atoms with Gasteiger partial charge >= 0.3 is 0 Å². The molecule has 0 aromatic heterocycles. The average Bonchev–Trinajstić information content (AvgIpc) is 3.17. The van der Waals surface area contributed by atoms with Crippen LogP contribution in [0.25, 0.3) is 16.8 Å². The van der Waals surface area contributed by atoms with Crippen molar-refractivity contribution in [1.29, 1.82) is 0 Å². The van der Waals surface area contributed by atoms with E-state index in [-0.39, 0.29) is 0 Å². The Morgan fingerprint density at radius 2 is 1.71 bits per heavy atom. The molecular weight excluding hydrogens is 378 g/mol. The predicted octanol–water partition coefficient (Wildman–Crippen LogP) is 6.08. The highest BCUT2D eigenvalue weighted by Crippen LogP contribution is 2.50. The lowest BCUT2D eigenvalue weighted by Crippen LogP contribution is -2.29. The first kappa shape index (κ1) is 19.3. The van der Waals surface area contributed by atoms with Gasteiger partial charge in [0.15, 0.2) is 0 Å². The molecule has 0 amide bonds. The molecule has 1 heterocycles. The zero-order valence-electron chi connectivity index (χ0n) is 17.5. The summed E-state index contributed by atoms with van der Waals surface area (Å²) in [6, 6.07) is 26.5. The van der Waals surface area contributed by atoms with Gasteiger partial charge in [-0.15, -0.1) is 0 Å². The van der Waals surface area contributed by atoms with Gasteiger partial charge in [0.1, 0.15) is 0 Å². The van der Waals surface area contributed by atoms with Gasteiger partial charge < -0.3 is 16.4 Å². The molecule has 154 valence electrons. The molecule has 0 bridgehead atoms. The van der Waals surface area contributed by atoms with Crippen molar-refractivity contribution in [2.45, 2.75) is 24.8 Å². The summed E-state index contributed by atoms with van der Waals surface area (Å²) in [7, 11) is 0. The van der Waals surface area contributed by atoms with Gasteiger partial charge in [-0.3, -0.25) is 0 Å². The van der Waals surface area contributed by atoms with Gasteiger partial charge in [0.25, 0.3) is 0 Å². The Kier molecular flexibility index (Phi) is 5.09. The Morgan fingerprint density at radius 1 is 0.935 bits per heavy atom. The minimum atomic E-state index is 0.393. The van der Waals surface area contributed by atoms with Crippen LogP contribution in [0.3, 0.4) is 0 Å². The van der Waals surface area contributed by atoms with E-state index in [0.29, 0.717) is 17.7 Å². The van der Waals surface area contributed by atoms with E-state index in [1.165, 1.54) is 40.7 Å². The molecule has 2 unspecified atom stereocenters. The maximum Gasteiger partial charge on any atom is 0.0591 e. The van der Waals surface area contributed by atoms with Gasteiger partial charge in [0.2, 0.25) is 0 Å². The molecule has 0 spiro atoms. The third kappa shape index (κ3) is 3.53. The third-order valence-corrected chi connectivity index (χ3v) is 6.35. The lowest BCUT2D eigenvalue weighted by Gasteiger charge is -2.30. The molecule has 3 heteroatoms. The zero-order valence-corrected chi connectivity index (χ0v) is 17.5. The lowest BCUT2D eigenvalue weighted by molar-refractivity contribution is 0.573. The van der Waals surface area contributed by atoms with E-state index in [1.54, 1.807) is 6.08 Å². The minimum absolute atomic E-state index is 0.393. The van der Waals surface area contributed by atoms with Crippen LogP contribution in [0.2, 0.25) is 0 Å². The number of fused-ring (bicyclic) bond motifs is 3. The molecule has 31 heavy (non-hydrogen) atoms. The SMILES string of the molecule is N/C=C\C=C(/N)c1ccc(-c2ccc3c(c2)C2CCC=CC2N3c2ccccc2)cc1. The van der Waals surface area contributed by atoms with Crippen LogP contribution in [0.1, 0.15) is 29.9 Å². The number of para-hydroxylation sites is 1. The Morgan fingerprint density at radius 3 is 2.48 bits per heavy atom. The summed E-state index contributed by atoms with van der Waals surface area (Å²) >= 11 is 0. The molecule has 3 nitrogen and oxygen atoms in total. The lowest BCUT2D eigenvalue weighted by atomic mass is 9.85. The van der Waals surface area contributed by atoms with E-state index in [1.807, 2.05) is 6.08 Å². The number of nitrogens with zero attached hydrogens (tertiary/aromatic N) is 1. The van der Waals surface area contributed by atoms with Crippen molar-refractivity contribution < 1.29 is 0 Å². The Bertz CT molecular complexity index is 1160. The van der Waals surface area contributed by atoms with Gasteiger partial charge in [-0.1, -0.05) is 60.7 Å². The highest BCUT2D eigenvalue weighted by Gasteiger charge is 2.38. The van der Waals surface area contributed by atoms with Crippen LogP contribution in [0, 0.1) is 0 Å². The largest absolute Gasteiger partial charge is 0.405 e. The molecule has 3 aromatic carbocycles. The average molecular weight is 406 g/mol. The minimum Gasteiger partial charge on any atom is -0.405 e. The number of nitrogens with two attached hydrogens (primary N) is 2. The Hall–Kier alpha value is -3.72. The van der Waals surface area contributed by atoms with E-state index in [0.717, 1.165) is 12.0 Å². The van der Waals surface area contributed by atoms with Crippen molar-refractivity contribution in [3.05, 3.63) is 114 Å². The maximum atomic E-state index is 6.13. The number of allylic oxidation sites excluding steroid dienone is 3. The fourth-order valence-electron chi connectivity index (χ4n) is 4.84. The van der Waals surface area contributed by atoms with Gasteiger partial charge in [-0.2, -0.15) is 0 Å². The molecular formula is C28H27N3. The maximum absolute atomic E-state index is 6.13. The molecule has 0 fully saturated rings. The molecule has 0 saturated heterocycles. The van der Waals surface area contributed by atoms with E-state index in [4.69, 9.17) is 11.5 Å². The van der Waals surface area contributed by atoms with Crippen molar-refractivity contribution in [3.8, 4) is 11.1 Å². The number of rotatable bonds is 4. The summed E-state index contributed by atoms with van der Waals surface area (Å²) in [5.41, 5.74) is 19.7. The molecule has 0 radical (unpaired) electrons. The first-order chi connectivity index (χ1) is 15.3. The molecule has 2 aliphatic rings. The first-order valence-electron chi connectivity index (χ1n) is 10.9. The van der Waals surface area contributed by atoms with Gasteiger partial charge in [0, 0.05) is 23.0 Å². The van der Waals surface area contributed by atoms with Crippen LogP contribution in [0.4, 0.5) is 11.4 Å². The normalized spacial score (nSPS) is 20.1. The highest BCUT2D eigenvalue weighted by atomic mass is 15.2. The van der Waals surface area contributed by atoms with Crippen LogP contribution in [-0.2, 0) is 0 Å². The summed E-state index contributed by atoms with van der Waals surface area (Å²) < 4.78 is 0.